The number of fused-ring (bicyclic) bond motifs is 1. The maximum absolute atomic E-state index is 13.9. The average Bonchev–Trinajstić information content (AvgIpc) is 3.15. The summed E-state index contributed by atoms with van der Waals surface area (Å²) in [6.45, 7) is 1.25. The average molecular weight is 461 g/mol. The van der Waals surface area contributed by atoms with Crippen molar-refractivity contribution in [2.45, 2.75) is 29.2 Å². The number of rotatable bonds is 7. The molecule has 3 aromatic carbocycles. The monoisotopic (exact) mass is 460 g/mol. The maximum Gasteiger partial charge on any atom is 0.243 e. The molecule has 0 aliphatic carbocycles. The minimum Gasteiger partial charge on any atom is -0.494 e. The van der Waals surface area contributed by atoms with Crippen molar-refractivity contribution in [1.82, 2.24) is 9.62 Å². The van der Waals surface area contributed by atoms with Gasteiger partial charge in [-0.25, -0.2) is 12.8 Å². The highest BCUT2D eigenvalue weighted by Crippen LogP contribution is 2.30. The van der Waals surface area contributed by atoms with Crippen molar-refractivity contribution < 1.29 is 17.5 Å². The Hall–Kier alpha value is -2.13. The van der Waals surface area contributed by atoms with Gasteiger partial charge in [-0.15, -0.1) is 0 Å². The molecule has 1 aliphatic heterocycles. The Bertz CT molecular complexity index is 1190. The number of benzene rings is 3. The van der Waals surface area contributed by atoms with Crippen LogP contribution in [0, 0.1) is 5.82 Å². The van der Waals surface area contributed by atoms with Crippen molar-refractivity contribution in [3.8, 4) is 5.75 Å². The predicted molar refractivity (Wildman–Crippen MR) is 124 cm³/mol. The molecular formula is C23H25FN2O3S2. The van der Waals surface area contributed by atoms with E-state index in [1.165, 1.54) is 17.5 Å². The molecule has 8 heteroatoms. The summed E-state index contributed by atoms with van der Waals surface area (Å²) in [5.74, 6) is -0.219. The van der Waals surface area contributed by atoms with Crippen LogP contribution >= 0.6 is 12.6 Å². The van der Waals surface area contributed by atoms with E-state index >= 15 is 0 Å². The van der Waals surface area contributed by atoms with Crippen LogP contribution in [0.4, 0.5) is 4.39 Å². The van der Waals surface area contributed by atoms with Gasteiger partial charge in [-0.3, -0.25) is 0 Å². The Kier molecular flexibility index (Phi) is 6.52. The van der Waals surface area contributed by atoms with Gasteiger partial charge >= 0.3 is 0 Å². The summed E-state index contributed by atoms with van der Waals surface area (Å²) in [5, 5.41) is 5.13. The Balaban J connectivity index is 1.48. The molecule has 1 N–H and O–H groups in total. The molecule has 0 amide bonds. The summed E-state index contributed by atoms with van der Waals surface area (Å²) >= 11 is 4.54. The Morgan fingerprint density at radius 1 is 1.13 bits per heavy atom. The zero-order chi connectivity index (χ0) is 22.0. The van der Waals surface area contributed by atoms with E-state index in [9.17, 15) is 12.8 Å². The van der Waals surface area contributed by atoms with Crippen LogP contribution in [-0.2, 0) is 16.6 Å². The second-order valence-electron chi connectivity index (χ2n) is 7.73. The van der Waals surface area contributed by atoms with Crippen molar-refractivity contribution in [2.24, 2.45) is 0 Å². The molecule has 3 aromatic rings. The second kappa shape index (κ2) is 9.16. The zero-order valence-electron chi connectivity index (χ0n) is 17.2. The van der Waals surface area contributed by atoms with Crippen molar-refractivity contribution in [1.29, 1.82) is 0 Å². The second-order valence-corrected chi connectivity index (χ2v) is 10.3. The predicted octanol–water partition coefficient (Wildman–Crippen LogP) is 3.84. The topological polar surface area (TPSA) is 58.6 Å². The molecule has 0 radical (unpaired) electrons. The number of ether oxygens (including phenoxy) is 1. The molecule has 0 aromatic heterocycles. The molecule has 31 heavy (non-hydrogen) atoms. The fourth-order valence-corrected chi connectivity index (χ4v) is 6.25. The first-order valence-corrected chi connectivity index (χ1v) is 12.1. The fourth-order valence-electron chi connectivity index (χ4n) is 4.01. The van der Waals surface area contributed by atoms with E-state index in [1.807, 2.05) is 30.3 Å². The van der Waals surface area contributed by atoms with Crippen molar-refractivity contribution >= 4 is 33.4 Å². The number of hydrogen-bond acceptors (Lipinski definition) is 5. The van der Waals surface area contributed by atoms with Crippen molar-refractivity contribution in [3.05, 3.63) is 72.0 Å². The van der Waals surface area contributed by atoms with Crippen LogP contribution in [0.15, 0.2) is 65.6 Å². The third-order valence-corrected chi connectivity index (χ3v) is 7.88. The lowest BCUT2D eigenvalue weighted by atomic mass is 10.1. The van der Waals surface area contributed by atoms with E-state index in [2.05, 4.69) is 17.9 Å². The summed E-state index contributed by atoms with van der Waals surface area (Å²) in [5.41, 5.74) is 0.766. The van der Waals surface area contributed by atoms with E-state index in [0.717, 1.165) is 16.3 Å². The summed E-state index contributed by atoms with van der Waals surface area (Å²) in [6, 6.07) is 17.5. The number of sulfonamides is 1. The van der Waals surface area contributed by atoms with Gasteiger partial charge in [0.05, 0.1) is 12.0 Å². The third kappa shape index (κ3) is 4.72. The van der Waals surface area contributed by atoms with Gasteiger partial charge in [0.1, 0.15) is 0 Å². The Morgan fingerprint density at radius 3 is 2.65 bits per heavy atom. The van der Waals surface area contributed by atoms with Gasteiger partial charge in [0.15, 0.2) is 11.6 Å². The Morgan fingerprint density at radius 2 is 1.90 bits per heavy atom. The SMILES string of the molecule is COc1ccc(CNC[C@@H]2C[C@@H](S)CN2S(=O)(=O)c2ccc3ccccc3c2)cc1F. The molecule has 0 saturated carbocycles. The standard InChI is InChI=1S/C23H25FN2O3S2/c1-29-23-9-6-16(10-22(23)24)13-25-14-19-12-20(30)15-26(19)31(27,28)21-8-7-17-4-2-3-5-18(17)11-21/h2-11,19-20,25,30H,12-15H2,1H3/t19-,20+/m0/s1. The summed E-state index contributed by atoms with van der Waals surface area (Å²) in [6.07, 6.45) is 0.653. The summed E-state index contributed by atoms with van der Waals surface area (Å²) in [7, 11) is -2.23. The molecule has 1 aliphatic rings. The molecular weight excluding hydrogens is 435 g/mol. The molecule has 0 unspecified atom stereocenters. The van der Waals surface area contributed by atoms with Gasteiger partial charge in [-0.05, 0) is 47.0 Å². The normalized spacial score (nSPS) is 19.7. The number of methoxy groups -OCH3 is 1. The van der Waals surface area contributed by atoms with E-state index in [1.54, 1.807) is 24.3 Å². The largest absolute Gasteiger partial charge is 0.494 e. The third-order valence-electron chi connectivity index (χ3n) is 5.59. The highest BCUT2D eigenvalue weighted by molar-refractivity contribution is 7.89. The quantitative estimate of drug-likeness (QED) is 0.526. The first kappa shape index (κ1) is 22.1. The molecule has 0 bridgehead atoms. The maximum atomic E-state index is 13.9. The van der Waals surface area contributed by atoms with E-state index < -0.39 is 15.8 Å². The van der Waals surface area contributed by atoms with Crippen LogP contribution in [0.25, 0.3) is 10.8 Å². The van der Waals surface area contributed by atoms with Crippen LogP contribution in [-0.4, -0.2) is 44.2 Å². The van der Waals surface area contributed by atoms with Crippen LogP contribution < -0.4 is 10.1 Å². The smallest absolute Gasteiger partial charge is 0.243 e. The lowest BCUT2D eigenvalue weighted by molar-refractivity contribution is 0.371. The highest BCUT2D eigenvalue weighted by Gasteiger charge is 2.38. The van der Waals surface area contributed by atoms with E-state index in [0.29, 0.717) is 26.1 Å². The number of thiol groups is 1. The van der Waals surface area contributed by atoms with Gasteiger partial charge in [0, 0.05) is 30.9 Å². The number of nitrogens with one attached hydrogen (secondary N) is 1. The van der Waals surface area contributed by atoms with Crippen LogP contribution in [0.2, 0.25) is 0 Å². The van der Waals surface area contributed by atoms with Gasteiger partial charge < -0.3 is 10.1 Å². The summed E-state index contributed by atoms with van der Waals surface area (Å²) in [4.78, 5) is 0.288. The number of halogens is 1. The van der Waals surface area contributed by atoms with Crippen molar-refractivity contribution in [3.63, 3.8) is 0 Å². The van der Waals surface area contributed by atoms with Gasteiger partial charge in [-0.2, -0.15) is 16.9 Å². The fraction of sp³-hybridized carbons (Fsp3) is 0.304. The first-order valence-electron chi connectivity index (χ1n) is 10.1. The molecule has 2 atom stereocenters. The van der Waals surface area contributed by atoms with E-state index in [-0.39, 0.29) is 21.9 Å². The first-order chi connectivity index (χ1) is 14.9. The number of nitrogens with zero attached hydrogens (tertiary/aromatic N) is 1. The molecule has 4 rings (SSSR count). The molecule has 0 spiro atoms. The molecule has 1 heterocycles. The molecule has 1 fully saturated rings. The van der Waals surface area contributed by atoms with Gasteiger partial charge in [0.25, 0.3) is 0 Å². The zero-order valence-corrected chi connectivity index (χ0v) is 18.9. The minimum atomic E-state index is -3.66. The van der Waals surface area contributed by atoms with Crippen LogP contribution in [0.1, 0.15) is 12.0 Å². The molecule has 1 saturated heterocycles. The van der Waals surface area contributed by atoms with Crippen LogP contribution in [0.5, 0.6) is 5.75 Å². The lowest BCUT2D eigenvalue weighted by Crippen LogP contribution is -2.41. The minimum absolute atomic E-state index is 0.0273. The van der Waals surface area contributed by atoms with Gasteiger partial charge in [0.2, 0.25) is 10.0 Å². The number of hydrogen-bond donors (Lipinski definition) is 2. The lowest BCUT2D eigenvalue weighted by Gasteiger charge is -2.24. The van der Waals surface area contributed by atoms with E-state index in [4.69, 9.17) is 4.74 Å². The van der Waals surface area contributed by atoms with Crippen LogP contribution in [0.3, 0.4) is 0 Å². The molecule has 164 valence electrons. The molecule has 5 nitrogen and oxygen atoms in total. The highest BCUT2D eigenvalue weighted by atomic mass is 32.2. The van der Waals surface area contributed by atoms with Crippen molar-refractivity contribution in [2.75, 3.05) is 20.2 Å². The van der Waals surface area contributed by atoms with Gasteiger partial charge in [-0.1, -0.05) is 36.4 Å². The summed E-state index contributed by atoms with van der Waals surface area (Å²) < 4.78 is 47.1. The Labute approximate surface area is 187 Å².